The number of nitrogens with zero attached hydrogens (tertiary/aromatic N) is 3. The van der Waals surface area contributed by atoms with Crippen LogP contribution in [-0.4, -0.2) is 9.38 Å². The third-order valence-electron chi connectivity index (χ3n) is 5.28. The lowest BCUT2D eigenvalue weighted by Gasteiger charge is -2.23. The van der Waals surface area contributed by atoms with Crippen molar-refractivity contribution in [3.05, 3.63) is 69.7 Å². The van der Waals surface area contributed by atoms with Gasteiger partial charge in [0.25, 0.3) is 0 Å². The molecule has 0 saturated carbocycles. The number of fused-ring (bicyclic) bond motifs is 4. The van der Waals surface area contributed by atoms with E-state index in [1.165, 1.54) is 5.56 Å². The second-order valence-electron chi connectivity index (χ2n) is 6.89. The predicted molar refractivity (Wildman–Crippen MR) is 111 cm³/mol. The van der Waals surface area contributed by atoms with Crippen molar-refractivity contribution in [1.29, 1.82) is 5.26 Å². The lowest BCUT2D eigenvalue weighted by molar-refractivity contribution is 0.682. The largest absolute Gasteiger partial charge is 0.341 e. The molecule has 2 aromatic heterocycles. The van der Waals surface area contributed by atoms with Gasteiger partial charge in [-0.25, -0.2) is 4.98 Å². The number of anilines is 2. The maximum Gasteiger partial charge on any atom is 0.157 e. The molecule has 0 aliphatic heterocycles. The van der Waals surface area contributed by atoms with E-state index in [4.69, 9.17) is 4.98 Å². The Hall–Kier alpha value is -2.84. The van der Waals surface area contributed by atoms with Crippen LogP contribution >= 0.6 is 15.9 Å². The average Bonchev–Trinajstić information content (AvgIpc) is 3.09. The van der Waals surface area contributed by atoms with E-state index in [-0.39, 0.29) is 0 Å². The van der Waals surface area contributed by atoms with Crippen LogP contribution in [0.2, 0.25) is 0 Å². The van der Waals surface area contributed by atoms with Gasteiger partial charge < -0.3 is 5.32 Å². The van der Waals surface area contributed by atoms with Crippen molar-refractivity contribution >= 4 is 44.1 Å². The van der Waals surface area contributed by atoms with Crippen molar-refractivity contribution in [3.8, 4) is 6.07 Å². The Morgan fingerprint density at radius 1 is 1.00 bits per heavy atom. The van der Waals surface area contributed by atoms with Crippen molar-refractivity contribution in [2.45, 2.75) is 25.7 Å². The number of benzene rings is 2. The summed E-state index contributed by atoms with van der Waals surface area (Å²) in [6.45, 7) is 0. The SMILES string of the molecule is N#Cc1c2c(c(Nc3ccc(Br)cc3)n3c1nc1ccccc13)CCCC2. The molecule has 2 heterocycles. The van der Waals surface area contributed by atoms with Gasteiger partial charge in [0.2, 0.25) is 0 Å². The molecule has 132 valence electrons. The van der Waals surface area contributed by atoms with Crippen LogP contribution in [0.1, 0.15) is 29.5 Å². The molecule has 1 aliphatic rings. The molecule has 4 nitrogen and oxygen atoms in total. The van der Waals surface area contributed by atoms with E-state index in [0.717, 1.165) is 69.5 Å². The fourth-order valence-corrected chi connectivity index (χ4v) is 4.32. The molecule has 5 heteroatoms. The molecule has 0 bridgehead atoms. The number of pyridine rings is 1. The highest BCUT2D eigenvalue weighted by molar-refractivity contribution is 9.10. The van der Waals surface area contributed by atoms with Gasteiger partial charge in [-0.1, -0.05) is 28.1 Å². The smallest absolute Gasteiger partial charge is 0.157 e. The van der Waals surface area contributed by atoms with Gasteiger partial charge in [0.05, 0.1) is 16.6 Å². The summed E-state index contributed by atoms with van der Waals surface area (Å²) >= 11 is 3.50. The monoisotopic (exact) mass is 416 g/mol. The number of nitriles is 1. The van der Waals surface area contributed by atoms with E-state index in [9.17, 15) is 5.26 Å². The molecule has 1 aliphatic carbocycles. The average molecular weight is 417 g/mol. The third kappa shape index (κ3) is 2.60. The Morgan fingerprint density at radius 2 is 1.74 bits per heavy atom. The van der Waals surface area contributed by atoms with Crippen LogP contribution < -0.4 is 5.32 Å². The molecule has 0 radical (unpaired) electrons. The summed E-state index contributed by atoms with van der Waals surface area (Å²) < 4.78 is 3.17. The highest BCUT2D eigenvalue weighted by Gasteiger charge is 2.24. The van der Waals surface area contributed by atoms with Crippen LogP contribution in [0.15, 0.2) is 53.0 Å². The maximum absolute atomic E-state index is 9.90. The van der Waals surface area contributed by atoms with Gasteiger partial charge in [-0.05, 0) is 73.2 Å². The minimum atomic E-state index is 0.724. The summed E-state index contributed by atoms with van der Waals surface area (Å²) in [5, 5.41) is 13.5. The number of hydrogen-bond donors (Lipinski definition) is 1. The molecular formula is C22H17BrN4. The number of nitrogens with one attached hydrogen (secondary N) is 1. The first kappa shape index (κ1) is 16.3. The van der Waals surface area contributed by atoms with Gasteiger partial charge in [-0.2, -0.15) is 5.26 Å². The Labute approximate surface area is 165 Å². The van der Waals surface area contributed by atoms with Crippen LogP contribution in [0.25, 0.3) is 16.7 Å². The Morgan fingerprint density at radius 3 is 2.52 bits per heavy atom. The molecule has 2 aromatic carbocycles. The number of aromatic nitrogens is 2. The van der Waals surface area contributed by atoms with Crippen molar-refractivity contribution in [3.63, 3.8) is 0 Å². The molecule has 5 rings (SSSR count). The van der Waals surface area contributed by atoms with Crippen molar-refractivity contribution < 1.29 is 0 Å². The highest BCUT2D eigenvalue weighted by Crippen LogP contribution is 2.36. The number of para-hydroxylation sites is 2. The summed E-state index contributed by atoms with van der Waals surface area (Å²) in [5.74, 6) is 1.04. The maximum atomic E-state index is 9.90. The Bertz CT molecular complexity index is 1220. The second kappa shape index (κ2) is 6.40. The molecule has 0 atom stereocenters. The molecule has 4 aromatic rings. The van der Waals surface area contributed by atoms with E-state index in [2.05, 4.69) is 49.9 Å². The van der Waals surface area contributed by atoms with E-state index < -0.39 is 0 Å². The number of rotatable bonds is 2. The summed E-state index contributed by atoms with van der Waals surface area (Å²) in [5.41, 5.74) is 6.84. The summed E-state index contributed by atoms with van der Waals surface area (Å²) in [6, 6.07) is 18.7. The zero-order valence-corrected chi connectivity index (χ0v) is 16.3. The fourth-order valence-electron chi connectivity index (χ4n) is 4.05. The zero-order chi connectivity index (χ0) is 18.4. The Kier molecular flexibility index (Phi) is 3.87. The quantitative estimate of drug-likeness (QED) is 0.452. The van der Waals surface area contributed by atoms with Gasteiger partial charge in [0.1, 0.15) is 11.9 Å². The van der Waals surface area contributed by atoms with Crippen LogP contribution in [0.5, 0.6) is 0 Å². The van der Waals surface area contributed by atoms with Gasteiger partial charge in [0, 0.05) is 10.2 Å². The highest BCUT2D eigenvalue weighted by atomic mass is 79.9. The van der Waals surface area contributed by atoms with Crippen molar-refractivity contribution in [2.75, 3.05) is 5.32 Å². The molecule has 0 unspecified atom stereocenters. The van der Waals surface area contributed by atoms with Crippen molar-refractivity contribution in [2.24, 2.45) is 0 Å². The molecule has 0 fully saturated rings. The van der Waals surface area contributed by atoms with Crippen molar-refractivity contribution in [1.82, 2.24) is 9.38 Å². The normalized spacial score (nSPS) is 13.5. The van der Waals surface area contributed by atoms with E-state index in [1.807, 2.05) is 30.3 Å². The predicted octanol–water partition coefficient (Wildman–Crippen LogP) is 5.74. The summed E-state index contributed by atoms with van der Waals surface area (Å²) in [6.07, 6.45) is 4.18. The van der Waals surface area contributed by atoms with Crippen LogP contribution in [0, 0.1) is 11.3 Å². The van der Waals surface area contributed by atoms with Gasteiger partial charge in [-0.15, -0.1) is 0 Å². The van der Waals surface area contributed by atoms with Gasteiger partial charge in [-0.3, -0.25) is 4.40 Å². The van der Waals surface area contributed by atoms with Crippen LogP contribution in [0.3, 0.4) is 0 Å². The molecule has 1 N–H and O–H groups in total. The summed E-state index contributed by atoms with van der Waals surface area (Å²) in [4.78, 5) is 4.80. The zero-order valence-electron chi connectivity index (χ0n) is 14.7. The topological polar surface area (TPSA) is 53.1 Å². The van der Waals surface area contributed by atoms with Crippen LogP contribution in [0.4, 0.5) is 11.5 Å². The number of hydrogen-bond acceptors (Lipinski definition) is 3. The Balaban J connectivity index is 1.86. The number of halogens is 1. The van der Waals surface area contributed by atoms with E-state index in [1.54, 1.807) is 0 Å². The molecule has 0 saturated heterocycles. The van der Waals surface area contributed by atoms with E-state index >= 15 is 0 Å². The third-order valence-corrected chi connectivity index (χ3v) is 5.81. The molecule has 0 spiro atoms. The van der Waals surface area contributed by atoms with Gasteiger partial charge in [0.15, 0.2) is 5.65 Å². The summed E-state index contributed by atoms with van der Waals surface area (Å²) in [7, 11) is 0. The van der Waals surface area contributed by atoms with Crippen LogP contribution in [-0.2, 0) is 12.8 Å². The van der Waals surface area contributed by atoms with E-state index in [0.29, 0.717) is 0 Å². The minimum Gasteiger partial charge on any atom is -0.341 e. The first-order valence-corrected chi connectivity index (χ1v) is 9.93. The van der Waals surface area contributed by atoms with Gasteiger partial charge >= 0.3 is 0 Å². The molecular weight excluding hydrogens is 400 g/mol. The minimum absolute atomic E-state index is 0.724. The fraction of sp³-hybridized carbons (Fsp3) is 0.182. The second-order valence-corrected chi connectivity index (χ2v) is 7.81. The first-order valence-electron chi connectivity index (χ1n) is 9.14. The standard InChI is InChI=1S/C22H17BrN4/c23-14-9-11-15(12-10-14)25-21-17-6-2-1-5-16(17)18(13-24)22-26-19-7-3-4-8-20(19)27(21)22/h3-4,7-12,25H,1-2,5-6H2. The molecule has 0 amide bonds. The molecule has 27 heavy (non-hydrogen) atoms. The number of imidazole rings is 1. The lowest BCUT2D eigenvalue weighted by atomic mass is 9.89. The first-order chi connectivity index (χ1) is 13.3. The lowest BCUT2D eigenvalue weighted by Crippen LogP contribution is -2.13.